The summed E-state index contributed by atoms with van der Waals surface area (Å²) in [6.45, 7) is -0.413. The molecule has 0 aliphatic carbocycles. The molecule has 8 heteroatoms. The molecule has 0 aliphatic heterocycles. The molecule has 90 valence electrons. The molecule has 2 nitrogen and oxygen atoms in total. The maximum Gasteiger partial charge on any atom is 0.433 e. The highest BCUT2D eigenvalue weighted by Crippen LogP contribution is 2.37. The van der Waals surface area contributed by atoms with E-state index in [4.69, 9.17) is 5.73 Å². The Hall–Kier alpha value is -0.760. The van der Waals surface area contributed by atoms with Gasteiger partial charge in [-0.05, 0) is 27.6 Å². The van der Waals surface area contributed by atoms with E-state index in [9.17, 15) is 22.0 Å². The minimum Gasteiger partial charge on any atom is -0.326 e. The lowest BCUT2D eigenvalue weighted by Crippen LogP contribution is -2.16. The molecule has 0 bridgehead atoms. The Labute approximate surface area is 95.8 Å². The second kappa shape index (κ2) is 4.62. The van der Waals surface area contributed by atoms with E-state index in [1.54, 1.807) is 0 Å². The SMILES string of the molecule is NCc1cc(Br)nc(C(F)(F)F)c1C(F)F. The minimum atomic E-state index is -4.93. The molecule has 0 aliphatic rings. The Morgan fingerprint density at radius 1 is 1.38 bits per heavy atom. The number of alkyl halides is 5. The van der Waals surface area contributed by atoms with Crippen LogP contribution in [-0.4, -0.2) is 4.98 Å². The normalized spacial score (nSPS) is 12.2. The predicted octanol–water partition coefficient (Wildman–Crippen LogP) is 3.26. The molecule has 0 atom stereocenters. The number of rotatable bonds is 2. The molecule has 0 fully saturated rings. The molecule has 1 rings (SSSR count). The van der Waals surface area contributed by atoms with Crippen LogP contribution in [0.4, 0.5) is 22.0 Å². The van der Waals surface area contributed by atoms with Gasteiger partial charge in [-0.1, -0.05) is 0 Å². The zero-order valence-electron chi connectivity index (χ0n) is 7.65. The Bertz CT molecular complexity index is 391. The molecule has 16 heavy (non-hydrogen) atoms. The van der Waals surface area contributed by atoms with Crippen LogP contribution in [0.15, 0.2) is 10.7 Å². The lowest BCUT2D eigenvalue weighted by Gasteiger charge is -2.15. The van der Waals surface area contributed by atoms with Gasteiger partial charge in [0.2, 0.25) is 0 Å². The summed E-state index contributed by atoms with van der Waals surface area (Å²) in [6.07, 6.45) is -8.20. The fraction of sp³-hybridized carbons (Fsp3) is 0.375. The van der Waals surface area contributed by atoms with Gasteiger partial charge in [-0.2, -0.15) is 13.2 Å². The lowest BCUT2D eigenvalue weighted by molar-refractivity contribution is -0.143. The number of pyridine rings is 1. The van der Waals surface area contributed by atoms with Crippen LogP contribution < -0.4 is 5.73 Å². The first-order valence-electron chi connectivity index (χ1n) is 4.02. The van der Waals surface area contributed by atoms with Crippen molar-refractivity contribution in [2.45, 2.75) is 19.1 Å². The van der Waals surface area contributed by atoms with E-state index in [0.717, 1.165) is 6.07 Å². The Morgan fingerprint density at radius 3 is 2.31 bits per heavy atom. The van der Waals surface area contributed by atoms with Gasteiger partial charge in [0.1, 0.15) is 4.60 Å². The van der Waals surface area contributed by atoms with Crippen molar-refractivity contribution in [3.63, 3.8) is 0 Å². The molecule has 0 saturated heterocycles. The van der Waals surface area contributed by atoms with E-state index in [1.807, 2.05) is 0 Å². The second-order valence-electron chi connectivity index (χ2n) is 2.87. The quantitative estimate of drug-likeness (QED) is 0.673. The van der Waals surface area contributed by atoms with E-state index >= 15 is 0 Å². The maximum absolute atomic E-state index is 12.5. The van der Waals surface area contributed by atoms with Crippen LogP contribution in [0.3, 0.4) is 0 Å². The molecular weight excluding hydrogens is 299 g/mol. The fourth-order valence-electron chi connectivity index (χ4n) is 1.20. The van der Waals surface area contributed by atoms with E-state index < -0.39 is 30.4 Å². The summed E-state index contributed by atoms with van der Waals surface area (Å²) in [7, 11) is 0. The van der Waals surface area contributed by atoms with Gasteiger partial charge in [0.05, 0.1) is 5.56 Å². The van der Waals surface area contributed by atoms with Gasteiger partial charge in [-0.15, -0.1) is 0 Å². The molecule has 0 amide bonds. The van der Waals surface area contributed by atoms with Crippen LogP contribution in [0.25, 0.3) is 0 Å². The molecule has 0 radical (unpaired) electrons. The van der Waals surface area contributed by atoms with E-state index in [1.165, 1.54) is 0 Å². The van der Waals surface area contributed by atoms with Crippen LogP contribution in [0.5, 0.6) is 0 Å². The smallest absolute Gasteiger partial charge is 0.326 e. The third-order valence-corrected chi connectivity index (χ3v) is 2.23. The predicted molar refractivity (Wildman–Crippen MR) is 49.8 cm³/mol. The summed E-state index contributed by atoms with van der Waals surface area (Å²) >= 11 is 2.72. The van der Waals surface area contributed by atoms with E-state index in [2.05, 4.69) is 20.9 Å². The average molecular weight is 305 g/mol. The van der Waals surface area contributed by atoms with Gasteiger partial charge in [0.25, 0.3) is 6.43 Å². The van der Waals surface area contributed by atoms with Gasteiger partial charge < -0.3 is 5.73 Å². The van der Waals surface area contributed by atoms with Crippen molar-refractivity contribution in [2.24, 2.45) is 5.73 Å². The van der Waals surface area contributed by atoms with Crippen LogP contribution in [-0.2, 0) is 12.7 Å². The summed E-state index contributed by atoms with van der Waals surface area (Å²) in [6, 6.07) is 1.05. The molecule has 1 aromatic heterocycles. The Morgan fingerprint density at radius 2 is 1.94 bits per heavy atom. The fourth-order valence-corrected chi connectivity index (χ4v) is 1.66. The molecule has 0 aromatic carbocycles. The molecule has 0 unspecified atom stereocenters. The average Bonchev–Trinajstić information content (AvgIpc) is 2.14. The van der Waals surface area contributed by atoms with Crippen molar-refractivity contribution in [2.75, 3.05) is 0 Å². The number of nitrogens with two attached hydrogens (primary N) is 1. The van der Waals surface area contributed by atoms with Crippen molar-refractivity contribution in [1.29, 1.82) is 0 Å². The monoisotopic (exact) mass is 304 g/mol. The first kappa shape index (κ1) is 13.3. The molecule has 0 saturated carbocycles. The molecule has 1 heterocycles. The van der Waals surface area contributed by atoms with Crippen molar-refractivity contribution in [1.82, 2.24) is 4.98 Å². The van der Waals surface area contributed by atoms with E-state index in [0.29, 0.717) is 0 Å². The van der Waals surface area contributed by atoms with Crippen molar-refractivity contribution < 1.29 is 22.0 Å². The lowest BCUT2D eigenvalue weighted by atomic mass is 10.1. The van der Waals surface area contributed by atoms with E-state index in [-0.39, 0.29) is 10.2 Å². The number of nitrogens with zero attached hydrogens (tertiary/aromatic N) is 1. The first-order valence-corrected chi connectivity index (χ1v) is 4.81. The first-order chi connectivity index (χ1) is 7.27. The number of halogens is 6. The number of hydrogen-bond donors (Lipinski definition) is 1. The second-order valence-corrected chi connectivity index (χ2v) is 3.68. The topological polar surface area (TPSA) is 38.9 Å². The molecular formula is C8H6BrF5N2. The highest BCUT2D eigenvalue weighted by Gasteiger charge is 2.39. The number of hydrogen-bond acceptors (Lipinski definition) is 2. The molecule has 2 N–H and O–H groups in total. The van der Waals surface area contributed by atoms with Crippen LogP contribution >= 0.6 is 15.9 Å². The van der Waals surface area contributed by atoms with Crippen molar-refractivity contribution in [3.05, 3.63) is 27.5 Å². The van der Waals surface area contributed by atoms with Gasteiger partial charge in [-0.25, -0.2) is 13.8 Å². The minimum absolute atomic E-state index is 0.176. The highest BCUT2D eigenvalue weighted by atomic mass is 79.9. The summed E-state index contributed by atoms with van der Waals surface area (Å²) in [5.74, 6) is 0. The van der Waals surface area contributed by atoms with Gasteiger partial charge in [0, 0.05) is 6.54 Å². The Kier molecular flexibility index (Phi) is 3.84. The largest absolute Gasteiger partial charge is 0.433 e. The summed E-state index contributed by atoms with van der Waals surface area (Å²) in [4.78, 5) is 3.03. The van der Waals surface area contributed by atoms with Crippen LogP contribution in [0, 0.1) is 0 Å². The van der Waals surface area contributed by atoms with Crippen LogP contribution in [0.2, 0.25) is 0 Å². The number of aromatic nitrogens is 1. The Balaban J connectivity index is 3.51. The van der Waals surface area contributed by atoms with Crippen molar-refractivity contribution >= 4 is 15.9 Å². The third kappa shape index (κ3) is 2.67. The summed E-state index contributed by atoms with van der Waals surface area (Å²) in [5.41, 5.74) is 2.09. The summed E-state index contributed by atoms with van der Waals surface area (Å²) in [5, 5.41) is 0. The van der Waals surface area contributed by atoms with Gasteiger partial charge >= 0.3 is 6.18 Å². The third-order valence-electron chi connectivity index (χ3n) is 1.82. The zero-order valence-corrected chi connectivity index (χ0v) is 9.24. The summed E-state index contributed by atoms with van der Waals surface area (Å²) < 4.78 is 62.2. The van der Waals surface area contributed by atoms with Crippen LogP contribution in [0.1, 0.15) is 23.2 Å². The van der Waals surface area contributed by atoms with Gasteiger partial charge in [-0.3, -0.25) is 0 Å². The van der Waals surface area contributed by atoms with Gasteiger partial charge in [0.15, 0.2) is 5.69 Å². The maximum atomic E-state index is 12.5. The molecule has 0 spiro atoms. The highest BCUT2D eigenvalue weighted by molar-refractivity contribution is 9.10. The standard InChI is InChI=1S/C8H6BrF5N2/c9-4-1-3(2-15)5(7(10)11)6(16-4)8(12,13)14/h1,7H,2,15H2. The van der Waals surface area contributed by atoms with Crippen molar-refractivity contribution in [3.8, 4) is 0 Å². The molecule has 1 aromatic rings. The zero-order chi connectivity index (χ0) is 12.5.